The second kappa shape index (κ2) is 11.8. The molecule has 204 valence electrons. The van der Waals surface area contributed by atoms with Crippen LogP contribution in [0.5, 0.6) is 17.2 Å². The molecule has 0 aromatic heterocycles. The van der Waals surface area contributed by atoms with Crippen LogP contribution in [0.25, 0.3) is 0 Å². The lowest BCUT2D eigenvalue weighted by atomic mass is 9.90. The van der Waals surface area contributed by atoms with Gasteiger partial charge in [0.2, 0.25) is 5.91 Å². The molecule has 2 heterocycles. The maximum Gasteiger partial charge on any atom is 0.266 e. The molecule has 2 amide bonds. The molecular weight excluding hydrogens is 496 g/mol. The third-order valence-corrected chi connectivity index (χ3v) is 6.90. The van der Waals surface area contributed by atoms with Gasteiger partial charge in [0.15, 0.2) is 17.6 Å². The number of fused-ring (bicyclic) bond motifs is 1. The second-order valence-electron chi connectivity index (χ2n) is 9.41. The molecule has 0 N–H and O–H groups in total. The molecule has 3 aromatic carbocycles. The van der Waals surface area contributed by atoms with Crippen molar-refractivity contribution in [2.24, 2.45) is 5.92 Å². The number of nitrogens with zero attached hydrogens (tertiary/aromatic N) is 2. The number of carbonyl (C=O) groups excluding carboxylic acids is 2. The third kappa shape index (κ3) is 5.04. The highest BCUT2D eigenvalue weighted by Gasteiger charge is 2.60. The minimum atomic E-state index is -0.978. The fourth-order valence-corrected chi connectivity index (χ4v) is 5.13. The first-order valence-corrected chi connectivity index (χ1v) is 13.6. The molecule has 3 aromatic rings. The molecule has 39 heavy (non-hydrogen) atoms. The van der Waals surface area contributed by atoms with Crippen molar-refractivity contribution < 1.29 is 28.6 Å². The number of anilines is 2. The number of rotatable bonds is 11. The number of hydrogen-bond donors (Lipinski definition) is 0. The summed E-state index contributed by atoms with van der Waals surface area (Å²) in [6.45, 7) is 7.35. The van der Waals surface area contributed by atoms with Crippen molar-refractivity contribution >= 4 is 23.2 Å². The summed E-state index contributed by atoms with van der Waals surface area (Å²) in [5.41, 5.74) is 1.96. The molecule has 2 fully saturated rings. The summed E-state index contributed by atoms with van der Waals surface area (Å²) in [5.74, 6) is 0.209. The Kier molecular flexibility index (Phi) is 8.02. The number of hydroxylamine groups is 1. The van der Waals surface area contributed by atoms with Gasteiger partial charge < -0.3 is 14.2 Å². The first-order chi connectivity index (χ1) is 19.1. The van der Waals surface area contributed by atoms with Gasteiger partial charge in [0.1, 0.15) is 11.7 Å². The lowest BCUT2D eigenvalue weighted by molar-refractivity contribution is -0.126. The Hall–Kier alpha value is -4.04. The van der Waals surface area contributed by atoms with E-state index in [1.807, 2.05) is 68.4 Å². The SMILES string of the molecule is CCCCOc1ccc([C@@H]2[C@@H]3C(=O)N(c4ccccc4OCC)C(=O)[C@@H]3ON2c2ccccc2)cc1OCC. The lowest BCUT2D eigenvalue weighted by Crippen LogP contribution is -2.37. The highest BCUT2D eigenvalue weighted by molar-refractivity contribution is 6.24. The molecule has 0 spiro atoms. The van der Waals surface area contributed by atoms with Crippen molar-refractivity contribution in [3.05, 3.63) is 78.4 Å². The number of carbonyl (C=O) groups is 2. The average molecular weight is 531 g/mol. The largest absolute Gasteiger partial charge is 0.492 e. The van der Waals surface area contributed by atoms with E-state index in [9.17, 15) is 9.59 Å². The Bertz CT molecular complexity index is 1310. The first-order valence-electron chi connectivity index (χ1n) is 13.6. The van der Waals surface area contributed by atoms with Gasteiger partial charge in [0, 0.05) is 0 Å². The van der Waals surface area contributed by atoms with Crippen molar-refractivity contribution in [1.82, 2.24) is 0 Å². The van der Waals surface area contributed by atoms with Gasteiger partial charge in [-0.2, -0.15) is 0 Å². The summed E-state index contributed by atoms with van der Waals surface area (Å²) in [6, 6.07) is 21.7. The monoisotopic (exact) mass is 530 g/mol. The van der Waals surface area contributed by atoms with Crippen LogP contribution in [0.4, 0.5) is 11.4 Å². The Labute approximate surface area is 229 Å². The summed E-state index contributed by atoms with van der Waals surface area (Å²) in [5, 5.41) is 1.68. The van der Waals surface area contributed by atoms with Crippen LogP contribution in [0.1, 0.15) is 45.2 Å². The summed E-state index contributed by atoms with van der Waals surface area (Å²) >= 11 is 0. The Morgan fingerprint density at radius 3 is 2.23 bits per heavy atom. The van der Waals surface area contributed by atoms with Gasteiger partial charge in [-0.15, -0.1) is 0 Å². The first kappa shape index (κ1) is 26.6. The molecule has 0 saturated carbocycles. The van der Waals surface area contributed by atoms with Crippen molar-refractivity contribution in [2.75, 3.05) is 29.8 Å². The second-order valence-corrected chi connectivity index (χ2v) is 9.41. The predicted molar refractivity (Wildman–Crippen MR) is 148 cm³/mol. The molecule has 2 aliphatic rings. The lowest BCUT2D eigenvalue weighted by Gasteiger charge is -2.29. The van der Waals surface area contributed by atoms with Crippen LogP contribution in [0.3, 0.4) is 0 Å². The maximum atomic E-state index is 14.1. The normalized spacial score (nSPS) is 20.3. The summed E-state index contributed by atoms with van der Waals surface area (Å²) in [4.78, 5) is 35.3. The molecule has 2 saturated heterocycles. The zero-order valence-corrected chi connectivity index (χ0v) is 22.5. The molecule has 0 bridgehead atoms. The number of ether oxygens (including phenoxy) is 3. The van der Waals surface area contributed by atoms with Gasteiger partial charge in [0.05, 0.1) is 37.2 Å². The van der Waals surface area contributed by atoms with Crippen molar-refractivity contribution in [1.29, 1.82) is 0 Å². The van der Waals surface area contributed by atoms with Gasteiger partial charge in [0.25, 0.3) is 5.91 Å². The van der Waals surface area contributed by atoms with E-state index in [2.05, 4.69) is 6.92 Å². The molecule has 0 aliphatic carbocycles. The van der Waals surface area contributed by atoms with Gasteiger partial charge in [-0.3, -0.25) is 14.4 Å². The number of para-hydroxylation sites is 3. The number of benzene rings is 3. The Morgan fingerprint density at radius 1 is 0.769 bits per heavy atom. The zero-order valence-electron chi connectivity index (χ0n) is 22.5. The average Bonchev–Trinajstić information content (AvgIpc) is 3.46. The van der Waals surface area contributed by atoms with Crippen molar-refractivity contribution in [3.63, 3.8) is 0 Å². The topological polar surface area (TPSA) is 77.5 Å². The summed E-state index contributed by atoms with van der Waals surface area (Å²) in [6.07, 6.45) is 0.981. The van der Waals surface area contributed by atoms with Crippen LogP contribution in [-0.4, -0.2) is 37.7 Å². The van der Waals surface area contributed by atoms with E-state index >= 15 is 0 Å². The van der Waals surface area contributed by atoms with Crippen LogP contribution in [0, 0.1) is 5.92 Å². The fraction of sp³-hybridized carbons (Fsp3) is 0.355. The standard InChI is InChI=1S/C31H34N2O6/c1-4-7-19-38-25-18-17-21(20-26(25)37-6-3)28-27-29(39-33(28)22-13-9-8-10-14-22)31(35)32(30(27)34)23-15-11-12-16-24(23)36-5-2/h8-18,20,27-29H,4-7,19H2,1-3H3/t27-,28+,29+/m0/s1. The molecular formula is C31H34N2O6. The zero-order chi connectivity index (χ0) is 27.4. The molecule has 2 aliphatic heterocycles. The Balaban J connectivity index is 1.56. The Morgan fingerprint density at radius 2 is 1.49 bits per heavy atom. The van der Waals surface area contributed by atoms with Gasteiger partial charge in [-0.1, -0.05) is 49.7 Å². The quantitative estimate of drug-likeness (QED) is 0.232. The summed E-state index contributed by atoms with van der Waals surface area (Å²) < 4.78 is 17.7. The molecule has 0 unspecified atom stereocenters. The van der Waals surface area contributed by atoms with Crippen LogP contribution in [0.2, 0.25) is 0 Å². The van der Waals surface area contributed by atoms with Crippen LogP contribution in [0.15, 0.2) is 72.8 Å². The van der Waals surface area contributed by atoms with E-state index in [1.165, 1.54) is 4.90 Å². The van der Waals surface area contributed by atoms with E-state index < -0.39 is 24.0 Å². The van der Waals surface area contributed by atoms with Crippen molar-refractivity contribution in [3.8, 4) is 17.2 Å². The van der Waals surface area contributed by atoms with Gasteiger partial charge in [-0.25, -0.2) is 9.96 Å². The molecule has 8 heteroatoms. The van der Waals surface area contributed by atoms with E-state index in [-0.39, 0.29) is 5.91 Å². The smallest absolute Gasteiger partial charge is 0.266 e. The van der Waals surface area contributed by atoms with E-state index in [4.69, 9.17) is 19.0 Å². The highest BCUT2D eigenvalue weighted by atomic mass is 16.7. The third-order valence-electron chi connectivity index (χ3n) is 6.90. The predicted octanol–water partition coefficient (Wildman–Crippen LogP) is 5.71. The number of unbranched alkanes of at least 4 members (excludes halogenated alkanes) is 1. The van der Waals surface area contributed by atoms with Crippen LogP contribution in [-0.2, 0) is 14.4 Å². The fourth-order valence-electron chi connectivity index (χ4n) is 5.13. The molecule has 3 atom stereocenters. The van der Waals surface area contributed by atoms with Crippen molar-refractivity contribution in [2.45, 2.75) is 45.8 Å². The number of imide groups is 1. The minimum absolute atomic E-state index is 0.332. The highest BCUT2D eigenvalue weighted by Crippen LogP contribution is 2.49. The van der Waals surface area contributed by atoms with Gasteiger partial charge >= 0.3 is 0 Å². The molecule has 0 radical (unpaired) electrons. The van der Waals surface area contributed by atoms with E-state index in [0.717, 1.165) is 24.1 Å². The summed E-state index contributed by atoms with van der Waals surface area (Å²) in [7, 11) is 0. The molecule has 5 rings (SSSR count). The minimum Gasteiger partial charge on any atom is -0.492 e. The van der Waals surface area contributed by atoms with Crippen LogP contribution < -0.4 is 24.2 Å². The van der Waals surface area contributed by atoms with E-state index in [1.54, 1.807) is 23.3 Å². The molecule has 8 nitrogen and oxygen atoms in total. The number of amides is 2. The van der Waals surface area contributed by atoms with Gasteiger partial charge in [-0.05, 0) is 62.2 Å². The maximum absolute atomic E-state index is 14.1. The van der Waals surface area contributed by atoms with E-state index in [0.29, 0.717) is 42.8 Å². The number of hydrogen-bond acceptors (Lipinski definition) is 7. The van der Waals surface area contributed by atoms with Crippen LogP contribution >= 0.6 is 0 Å².